The van der Waals surface area contributed by atoms with Crippen LogP contribution in [0.5, 0.6) is 0 Å². The minimum Gasteiger partial charge on any atom is -0.369 e. The van der Waals surface area contributed by atoms with E-state index in [-0.39, 0.29) is 23.9 Å². The quantitative estimate of drug-likeness (QED) is 0.252. The van der Waals surface area contributed by atoms with Crippen LogP contribution in [0.4, 0.5) is 0 Å². The molecule has 0 fully saturated rings. The Balaban J connectivity index is 1.33. The predicted octanol–water partition coefficient (Wildman–Crippen LogP) is 2.36. The van der Waals surface area contributed by atoms with E-state index in [2.05, 4.69) is 20.3 Å². The fourth-order valence-electron chi connectivity index (χ4n) is 3.93. The van der Waals surface area contributed by atoms with Crippen LogP contribution in [0, 0.1) is 13.8 Å². The number of fused-ring (bicyclic) bond motifs is 2. The molecule has 0 aromatic heterocycles. The molecule has 9 heteroatoms. The van der Waals surface area contributed by atoms with Crippen molar-refractivity contribution in [2.24, 2.45) is 0 Å². The summed E-state index contributed by atoms with van der Waals surface area (Å²) in [7, 11) is 0. The molecule has 0 atom stereocenters. The Bertz CT molecular complexity index is 1410. The van der Waals surface area contributed by atoms with Crippen molar-refractivity contribution in [1.29, 1.82) is 0 Å². The number of ether oxygens (including phenoxy) is 1. The molecule has 0 amide bonds. The van der Waals surface area contributed by atoms with Gasteiger partial charge >= 0.3 is 5.69 Å². The van der Waals surface area contributed by atoms with Crippen molar-refractivity contribution in [1.82, 2.24) is 24.8 Å². The highest BCUT2D eigenvalue weighted by molar-refractivity contribution is 5.81. The molecule has 0 radical (unpaired) electrons. The van der Waals surface area contributed by atoms with Crippen LogP contribution in [-0.4, -0.2) is 45.0 Å². The van der Waals surface area contributed by atoms with Crippen LogP contribution in [0.1, 0.15) is 29.5 Å². The summed E-state index contributed by atoms with van der Waals surface area (Å²) < 4.78 is 7.35. The van der Waals surface area contributed by atoms with Gasteiger partial charge in [-0.05, 0) is 55.6 Å². The van der Waals surface area contributed by atoms with Crippen molar-refractivity contribution in [3.8, 4) is 11.5 Å². The summed E-state index contributed by atoms with van der Waals surface area (Å²) in [5.41, 5.74) is 3.58. The van der Waals surface area contributed by atoms with Gasteiger partial charge in [-0.3, -0.25) is 14.6 Å². The number of nitrogens with one attached hydrogen (secondary N) is 2. The molecule has 2 aromatic rings. The molecule has 2 aliphatic heterocycles. The highest BCUT2D eigenvalue weighted by atomic mass is 16.5. The number of carbonyl (C=O) groups is 1. The monoisotopic (exact) mass is 475 g/mol. The van der Waals surface area contributed by atoms with Gasteiger partial charge in [0.1, 0.15) is 6.61 Å². The zero-order valence-corrected chi connectivity index (χ0v) is 20.0. The summed E-state index contributed by atoms with van der Waals surface area (Å²) in [5, 5.41) is 3.33. The SMILES string of the molecule is Cc1cc2nc3c(=O)[nH]c(=O)nc-3n(CCNCCCC(=O)COCc3ccccc3)c2cc1C. The number of aromatic amines is 1. The second kappa shape index (κ2) is 11.2. The highest BCUT2D eigenvalue weighted by Crippen LogP contribution is 2.23. The van der Waals surface area contributed by atoms with Gasteiger partial charge in [0.25, 0.3) is 5.56 Å². The Hall–Kier alpha value is -3.69. The van der Waals surface area contributed by atoms with Gasteiger partial charge in [-0.15, -0.1) is 0 Å². The van der Waals surface area contributed by atoms with Gasteiger partial charge in [0.2, 0.25) is 0 Å². The first-order chi connectivity index (χ1) is 16.9. The maximum absolute atomic E-state index is 12.4. The van der Waals surface area contributed by atoms with E-state index in [0.29, 0.717) is 44.6 Å². The standard InChI is InChI=1S/C26H29N5O4/c1-17-13-21-22(14-18(17)2)31(24-23(28-21)25(33)30-26(34)29-24)12-11-27-10-6-9-20(32)16-35-15-19-7-4-3-5-8-19/h3-5,7-8,13-14,27H,6,9-12,15-16H2,1-2H3,(H,30,33,34). The fourth-order valence-corrected chi connectivity index (χ4v) is 3.93. The maximum atomic E-state index is 12.4. The van der Waals surface area contributed by atoms with Crippen LogP contribution >= 0.6 is 0 Å². The molecule has 182 valence electrons. The first-order valence-electron chi connectivity index (χ1n) is 11.7. The Morgan fingerprint density at radius 2 is 1.83 bits per heavy atom. The number of hydrogen-bond donors (Lipinski definition) is 2. The topological polar surface area (TPSA) is 119 Å². The molecule has 0 aliphatic carbocycles. The number of H-pyrrole nitrogens is 1. The van der Waals surface area contributed by atoms with Crippen LogP contribution in [-0.2, 0) is 22.7 Å². The van der Waals surface area contributed by atoms with Crippen molar-refractivity contribution in [2.75, 3.05) is 19.7 Å². The lowest BCUT2D eigenvalue weighted by molar-refractivity contribution is -0.124. The largest absolute Gasteiger partial charge is 0.369 e. The molecule has 0 spiro atoms. The lowest BCUT2D eigenvalue weighted by Gasteiger charge is -2.18. The summed E-state index contributed by atoms with van der Waals surface area (Å²) in [6.07, 6.45) is 1.13. The van der Waals surface area contributed by atoms with Crippen LogP contribution in [0.25, 0.3) is 22.6 Å². The number of rotatable bonds is 11. The number of hydrogen-bond acceptors (Lipinski definition) is 7. The molecular weight excluding hydrogens is 446 g/mol. The Kier molecular flexibility index (Phi) is 7.79. The van der Waals surface area contributed by atoms with E-state index in [1.165, 1.54) is 0 Å². The normalized spacial score (nSPS) is 11.4. The lowest BCUT2D eigenvalue weighted by Crippen LogP contribution is -2.30. The molecule has 2 aliphatic rings. The number of aromatic nitrogens is 4. The maximum Gasteiger partial charge on any atom is 0.349 e. The van der Waals surface area contributed by atoms with Gasteiger partial charge in [0.15, 0.2) is 17.3 Å². The Labute approximate surface area is 202 Å². The number of aryl methyl sites for hydroxylation is 2. The number of Topliss-reactive ketones (excluding diaryl/α,β-unsaturated/α-hetero) is 1. The van der Waals surface area contributed by atoms with Crippen molar-refractivity contribution >= 4 is 16.8 Å². The van der Waals surface area contributed by atoms with E-state index in [1.54, 1.807) is 0 Å². The first kappa shape index (κ1) is 24.4. The van der Waals surface area contributed by atoms with E-state index in [9.17, 15) is 14.4 Å². The summed E-state index contributed by atoms with van der Waals surface area (Å²) in [6, 6.07) is 13.7. The average Bonchev–Trinajstić information content (AvgIpc) is 2.83. The summed E-state index contributed by atoms with van der Waals surface area (Å²) in [5.74, 6) is 0.336. The highest BCUT2D eigenvalue weighted by Gasteiger charge is 2.19. The van der Waals surface area contributed by atoms with Crippen LogP contribution in [0.2, 0.25) is 0 Å². The van der Waals surface area contributed by atoms with Crippen molar-refractivity contribution in [3.05, 3.63) is 80.0 Å². The van der Waals surface area contributed by atoms with E-state index in [4.69, 9.17) is 4.74 Å². The minimum atomic E-state index is -0.692. The number of ketones is 1. The third kappa shape index (κ3) is 6.06. The first-order valence-corrected chi connectivity index (χ1v) is 11.7. The zero-order valence-electron chi connectivity index (χ0n) is 20.0. The van der Waals surface area contributed by atoms with Crippen LogP contribution in [0.3, 0.4) is 0 Å². The summed E-state index contributed by atoms with van der Waals surface area (Å²) in [6.45, 7) is 6.25. The molecule has 0 saturated heterocycles. The molecule has 35 heavy (non-hydrogen) atoms. The molecule has 0 unspecified atom stereocenters. The van der Waals surface area contributed by atoms with Gasteiger partial charge in [-0.2, -0.15) is 4.98 Å². The van der Waals surface area contributed by atoms with Gasteiger partial charge in [-0.1, -0.05) is 30.3 Å². The van der Waals surface area contributed by atoms with E-state index < -0.39 is 11.2 Å². The van der Waals surface area contributed by atoms with Crippen LogP contribution in [0.15, 0.2) is 52.1 Å². The summed E-state index contributed by atoms with van der Waals surface area (Å²) in [4.78, 5) is 47.0. The van der Waals surface area contributed by atoms with E-state index in [0.717, 1.165) is 22.2 Å². The minimum absolute atomic E-state index is 0.0699. The Morgan fingerprint density at radius 3 is 2.63 bits per heavy atom. The number of benzene rings is 2. The van der Waals surface area contributed by atoms with Gasteiger partial charge in [0, 0.05) is 19.5 Å². The van der Waals surface area contributed by atoms with Crippen molar-refractivity contribution in [3.63, 3.8) is 0 Å². The molecule has 0 saturated carbocycles. The number of nitrogens with zero attached hydrogens (tertiary/aromatic N) is 3. The molecular formula is C26H29N5O4. The molecule has 2 aromatic carbocycles. The Morgan fingerprint density at radius 1 is 1.06 bits per heavy atom. The van der Waals surface area contributed by atoms with E-state index >= 15 is 0 Å². The molecule has 2 N–H and O–H groups in total. The predicted molar refractivity (Wildman–Crippen MR) is 134 cm³/mol. The van der Waals surface area contributed by atoms with Crippen molar-refractivity contribution in [2.45, 2.75) is 39.8 Å². The fraction of sp³-hybridized carbons (Fsp3) is 0.346. The third-order valence-corrected chi connectivity index (χ3v) is 5.92. The van der Waals surface area contributed by atoms with Crippen LogP contribution < -0.4 is 16.6 Å². The molecule has 0 bridgehead atoms. The smallest absolute Gasteiger partial charge is 0.349 e. The van der Waals surface area contributed by atoms with Crippen molar-refractivity contribution < 1.29 is 9.53 Å². The molecule has 4 rings (SSSR count). The van der Waals surface area contributed by atoms with E-state index in [1.807, 2.05) is 60.9 Å². The second-order valence-corrected chi connectivity index (χ2v) is 8.60. The lowest BCUT2D eigenvalue weighted by atomic mass is 10.1. The second-order valence-electron chi connectivity index (χ2n) is 8.60. The molecule has 2 heterocycles. The van der Waals surface area contributed by atoms with Gasteiger partial charge < -0.3 is 14.6 Å². The zero-order chi connectivity index (χ0) is 24.8. The molecule has 9 nitrogen and oxygen atoms in total. The van der Waals surface area contributed by atoms with Gasteiger partial charge in [0.05, 0.1) is 17.6 Å². The third-order valence-electron chi connectivity index (χ3n) is 5.92. The number of carbonyl (C=O) groups excluding carboxylic acids is 1. The average molecular weight is 476 g/mol. The summed E-state index contributed by atoms with van der Waals surface area (Å²) >= 11 is 0. The van der Waals surface area contributed by atoms with Gasteiger partial charge in [-0.25, -0.2) is 9.78 Å².